The van der Waals surface area contributed by atoms with Crippen molar-refractivity contribution in [1.82, 2.24) is 4.90 Å². The van der Waals surface area contributed by atoms with E-state index >= 15 is 0 Å². The second-order valence-corrected chi connectivity index (χ2v) is 8.43. The Kier molecular flexibility index (Phi) is 6.42. The maximum Gasteiger partial charge on any atom is 0.295 e. The molecular weight excluding hydrogens is 470 g/mol. The van der Waals surface area contributed by atoms with Crippen LogP contribution in [0.1, 0.15) is 22.7 Å². The molecule has 0 spiro atoms. The van der Waals surface area contributed by atoms with Crippen LogP contribution >= 0.6 is 15.9 Å². The molecule has 4 rings (SSSR count). The Labute approximate surface area is 195 Å². The molecule has 6 heteroatoms. The molecule has 1 N–H and O–H groups in total. The first-order valence-corrected chi connectivity index (χ1v) is 11.0. The minimum atomic E-state index is -0.689. The third kappa shape index (κ3) is 4.32. The number of hydrogen-bond acceptors (Lipinski definition) is 4. The van der Waals surface area contributed by atoms with Crippen molar-refractivity contribution in [3.8, 4) is 5.75 Å². The zero-order valence-electron chi connectivity index (χ0n) is 17.5. The van der Waals surface area contributed by atoms with Crippen LogP contribution in [-0.2, 0) is 16.0 Å². The number of likely N-dealkylation sites (tertiary alicyclic amines) is 1. The fourth-order valence-corrected chi connectivity index (χ4v) is 4.19. The number of ketones is 1. The molecule has 1 unspecified atom stereocenters. The first-order valence-electron chi connectivity index (χ1n) is 10.2. The maximum atomic E-state index is 13.1. The molecule has 1 heterocycles. The Morgan fingerprint density at radius 1 is 1.00 bits per heavy atom. The minimum Gasteiger partial charge on any atom is -0.507 e. The molecule has 0 aromatic heterocycles. The first kappa shape index (κ1) is 21.8. The van der Waals surface area contributed by atoms with Gasteiger partial charge in [0.1, 0.15) is 11.5 Å². The molecule has 0 radical (unpaired) electrons. The van der Waals surface area contributed by atoms with Gasteiger partial charge in [0, 0.05) is 16.6 Å². The summed E-state index contributed by atoms with van der Waals surface area (Å²) in [7, 11) is 1.53. The smallest absolute Gasteiger partial charge is 0.295 e. The van der Waals surface area contributed by atoms with Crippen molar-refractivity contribution in [2.24, 2.45) is 0 Å². The lowest BCUT2D eigenvalue weighted by atomic mass is 9.95. The average Bonchev–Trinajstić information content (AvgIpc) is 3.08. The summed E-state index contributed by atoms with van der Waals surface area (Å²) in [5, 5.41) is 11.1. The average molecular weight is 492 g/mol. The number of aliphatic hydroxyl groups excluding tert-OH is 1. The zero-order chi connectivity index (χ0) is 22.7. The Balaban J connectivity index is 1.79. The van der Waals surface area contributed by atoms with Crippen LogP contribution < -0.4 is 4.74 Å². The lowest BCUT2D eigenvalue weighted by molar-refractivity contribution is -0.139. The number of carbonyl (C=O) groups excluding carboxylic acids is 2. The predicted molar refractivity (Wildman–Crippen MR) is 126 cm³/mol. The van der Waals surface area contributed by atoms with Crippen LogP contribution in [0.3, 0.4) is 0 Å². The topological polar surface area (TPSA) is 66.8 Å². The van der Waals surface area contributed by atoms with Gasteiger partial charge < -0.3 is 14.7 Å². The van der Waals surface area contributed by atoms with E-state index in [4.69, 9.17) is 4.74 Å². The Bertz CT molecular complexity index is 1170. The van der Waals surface area contributed by atoms with Crippen LogP contribution in [0.15, 0.2) is 88.9 Å². The molecule has 1 saturated heterocycles. The molecule has 3 aromatic carbocycles. The molecular formula is C26H22BrNO4. The van der Waals surface area contributed by atoms with Crippen LogP contribution in [0.4, 0.5) is 0 Å². The van der Waals surface area contributed by atoms with Crippen molar-refractivity contribution in [3.05, 3.63) is 106 Å². The van der Waals surface area contributed by atoms with Gasteiger partial charge in [0.25, 0.3) is 11.7 Å². The molecule has 1 aliphatic rings. The second-order valence-electron chi connectivity index (χ2n) is 7.51. The van der Waals surface area contributed by atoms with Gasteiger partial charge in [-0.2, -0.15) is 0 Å². The molecule has 1 atom stereocenters. The van der Waals surface area contributed by atoms with Crippen LogP contribution in [0.2, 0.25) is 0 Å². The lowest BCUT2D eigenvalue weighted by Crippen LogP contribution is -2.31. The lowest BCUT2D eigenvalue weighted by Gasteiger charge is -2.25. The normalized spacial score (nSPS) is 17.6. The number of ether oxygens (including phenoxy) is 1. The van der Waals surface area contributed by atoms with Gasteiger partial charge in [0.15, 0.2) is 0 Å². The van der Waals surface area contributed by atoms with E-state index in [0.717, 1.165) is 15.6 Å². The highest BCUT2D eigenvalue weighted by molar-refractivity contribution is 9.10. The number of rotatable bonds is 6. The summed E-state index contributed by atoms with van der Waals surface area (Å²) in [5.74, 6) is -0.963. The fourth-order valence-electron chi connectivity index (χ4n) is 3.92. The van der Waals surface area contributed by atoms with Gasteiger partial charge in [0.2, 0.25) is 0 Å². The fraction of sp³-hybridized carbons (Fsp3) is 0.154. The highest BCUT2D eigenvalue weighted by atomic mass is 79.9. The Hall–Kier alpha value is -3.38. The summed E-state index contributed by atoms with van der Waals surface area (Å²) in [6.45, 7) is 0.351. The number of Topliss-reactive ketones (excluding diaryl/α,β-unsaturated/α-hetero) is 1. The van der Waals surface area contributed by atoms with Gasteiger partial charge in [-0.3, -0.25) is 9.59 Å². The van der Waals surface area contributed by atoms with E-state index in [1.54, 1.807) is 29.2 Å². The molecule has 1 fully saturated rings. The minimum absolute atomic E-state index is 0.0821. The van der Waals surface area contributed by atoms with E-state index in [2.05, 4.69) is 15.9 Å². The van der Waals surface area contributed by atoms with Crippen molar-refractivity contribution in [1.29, 1.82) is 0 Å². The number of carbonyl (C=O) groups is 2. The van der Waals surface area contributed by atoms with Gasteiger partial charge in [-0.25, -0.2) is 0 Å². The third-order valence-electron chi connectivity index (χ3n) is 5.55. The molecule has 5 nitrogen and oxygen atoms in total. The van der Waals surface area contributed by atoms with Crippen molar-refractivity contribution in [3.63, 3.8) is 0 Å². The number of halogens is 1. The summed E-state index contributed by atoms with van der Waals surface area (Å²) in [6.07, 6.45) is 0.597. The van der Waals surface area contributed by atoms with E-state index in [0.29, 0.717) is 24.3 Å². The zero-order valence-corrected chi connectivity index (χ0v) is 19.1. The standard InChI is InChI=1S/C26H22BrNO4/c1-32-21-9-5-8-19(16-21)24(29)22-23(18-10-12-20(27)13-11-18)28(26(31)25(22)30)15-14-17-6-3-2-4-7-17/h2-13,16,23,29H,14-15H2,1H3/b24-22+. The van der Waals surface area contributed by atoms with Gasteiger partial charge in [-0.1, -0.05) is 70.5 Å². The van der Waals surface area contributed by atoms with Crippen molar-refractivity contribution in [2.45, 2.75) is 12.5 Å². The van der Waals surface area contributed by atoms with E-state index < -0.39 is 17.7 Å². The summed E-state index contributed by atoms with van der Waals surface area (Å²) >= 11 is 3.43. The van der Waals surface area contributed by atoms with Crippen LogP contribution in [0.5, 0.6) is 5.75 Å². The number of benzene rings is 3. The monoisotopic (exact) mass is 491 g/mol. The molecule has 162 valence electrons. The summed E-state index contributed by atoms with van der Waals surface area (Å²) in [6, 6.07) is 23.4. The van der Waals surface area contributed by atoms with Crippen molar-refractivity contribution in [2.75, 3.05) is 13.7 Å². The van der Waals surface area contributed by atoms with Crippen molar-refractivity contribution >= 4 is 33.4 Å². The number of amides is 1. The van der Waals surface area contributed by atoms with Crippen LogP contribution in [-0.4, -0.2) is 35.4 Å². The van der Waals surface area contributed by atoms with Gasteiger partial charge in [-0.15, -0.1) is 0 Å². The number of methoxy groups -OCH3 is 1. The number of hydrogen-bond donors (Lipinski definition) is 1. The maximum absolute atomic E-state index is 13.1. The third-order valence-corrected chi connectivity index (χ3v) is 6.08. The Morgan fingerprint density at radius 2 is 1.72 bits per heavy atom. The van der Waals surface area contributed by atoms with Gasteiger partial charge in [-0.05, 0) is 41.8 Å². The molecule has 1 amide bonds. The summed E-state index contributed by atoms with van der Waals surface area (Å²) in [5.41, 5.74) is 2.33. The highest BCUT2D eigenvalue weighted by Gasteiger charge is 2.45. The van der Waals surface area contributed by atoms with E-state index in [-0.39, 0.29) is 11.3 Å². The van der Waals surface area contributed by atoms with Gasteiger partial charge in [0.05, 0.1) is 18.7 Å². The molecule has 3 aromatic rings. The first-order chi connectivity index (χ1) is 15.5. The largest absolute Gasteiger partial charge is 0.507 e. The summed E-state index contributed by atoms with van der Waals surface area (Å²) < 4.78 is 6.13. The van der Waals surface area contributed by atoms with Crippen LogP contribution in [0.25, 0.3) is 5.76 Å². The predicted octanol–water partition coefficient (Wildman–Crippen LogP) is 5.12. The summed E-state index contributed by atoms with van der Waals surface area (Å²) in [4.78, 5) is 27.7. The highest BCUT2D eigenvalue weighted by Crippen LogP contribution is 2.40. The molecule has 1 aliphatic heterocycles. The molecule has 0 aliphatic carbocycles. The molecule has 0 saturated carbocycles. The van der Waals surface area contributed by atoms with Gasteiger partial charge >= 0.3 is 0 Å². The Morgan fingerprint density at radius 3 is 2.41 bits per heavy atom. The van der Waals surface area contributed by atoms with E-state index in [1.807, 2.05) is 54.6 Å². The quantitative estimate of drug-likeness (QED) is 0.295. The van der Waals surface area contributed by atoms with Crippen molar-refractivity contribution < 1.29 is 19.4 Å². The number of aliphatic hydroxyl groups is 1. The second kappa shape index (κ2) is 9.40. The number of nitrogens with zero attached hydrogens (tertiary/aromatic N) is 1. The molecule has 0 bridgehead atoms. The van der Waals surface area contributed by atoms with Crippen LogP contribution in [0, 0.1) is 0 Å². The van der Waals surface area contributed by atoms with E-state index in [9.17, 15) is 14.7 Å². The SMILES string of the molecule is COc1cccc(/C(O)=C2\C(=O)C(=O)N(CCc3ccccc3)C2c2ccc(Br)cc2)c1. The van der Waals surface area contributed by atoms with E-state index in [1.165, 1.54) is 7.11 Å². The molecule has 32 heavy (non-hydrogen) atoms.